The molecule has 12 aromatic rings. The highest BCUT2D eigenvalue weighted by molar-refractivity contribution is 6.12. The molecule has 3 aromatic heterocycles. The Kier molecular flexibility index (Phi) is 9.12. The van der Waals surface area contributed by atoms with Crippen LogP contribution in [0, 0.1) is 22.7 Å². The molecule has 7 nitrogen and oxygen atoms in total. The molecule has 306 valence electrons. The summed E-state index contributed by atoms with van der Waals surface area (Å²) in [6.45, 7) is 0. The fourth-order valence-corrected chi connectivity index (χ4v) is 9.04. The van der Waals surface area contributed by atoms with E-state index in [1.165, 1.54) is 0 Å². The summed E-state index contributed by atoms with van der Waals surface area (Å²) >= 11 is 0. The second kappa shape index (κ2) is 15.7. The van der Waals surface area contributed by atoms with Crippen molar-refractivity contribution >= 4 is 43.7 Å². The normalized spacial score (nSPS) is 11.3. The number of hydrogen-bond acceptors (Lipinski definition) is 6. The summed E-state index contributed by atoms with van der Waals surface area (Å²) in [5.41, 5.74) is 14.3. The topological polar surface area (TPSA) is 104 Å². The second-order valence-corrected chi connectivity index (χ2v) is 16.3. The zero-order valence-corrected chi connectivity index (χ0v) is 35.2. The van der Waals surface area contributed by atoms with Crippen molar-refractivity contribution in [3.63, 3.8) is 0 Å². The molecule has 12 rings (SSSR count). The molecule has 66 heavy (non-hydrogen) atoms. The number of rotatable bonds is 7. The Balaban J connectivity index is 1.16. The molecule has 9 aromatic carbocycles. The van der Waals surface area contributed by atoms with Crippen molar-refractivity contribution in [1.82, 2.24) is 19.5 Å². The van der Waals surface area contributed by atoms with E-state index in [1.807, 2.05) is 127 Å². The largest absolute Gasteiger partial charge is 0.456 e. The molecule has 7 heteroatoms. The minimum absolute atomic E-state index is 0.519. The zero-order chi connectivity index (χ0) is 44.1. The van der Waals surface area contributed by atoms with Gasteiger partial charge < -0.3 is 8.98 Å². The lowest BCUT2D eigenvalue weighted by Crippen LogP contribution is -2.04. The van der Waals surface area contributed by atoms with Crippen LogP contribution in [0.15, 0.2) is 211 Å². The minimum Gasteiger partial charge on any atom is -0.456 e. The van der Waals surface area contributed by atoms with Gasteiger partial charge in [-0.05, 0) is 100 Å². The van der Waals surface area contributed by atoms with Gasteiger partial charge in [-0.15, -0.1) is 0 Å². The molecule has 0 spiro atoms. The SMILES string of the molecule is N#Cc1ccc(-c2ccc3c4ccc(-c5ccc(C#N)cc5)cc4n(-c4ccc(-c5ccc6c(c5)oc5ccccc56)cc4-c4nc(-c5ccccc5)nc(-c5ccccc5)n4)c3c2)cc1. The lowest BCUT2D eigenvalue weighted by atomic mass is 9.99. The highest BCUT2D eigenvalue weighted by Gasteiger charge is 2.22. The van der Waals surface area contributed by atoms with E-state index in [2.05, 4.69) is 95.6 Å². The molecular weight excluding hydrogens is 809 g/mol. The first-order chi connectivity index (χ1) is 32.6. The minimum atomic E-state index is 0.519. The van der Waals surface area contributed by atoms with Gasteiger partial charge in [0.15, 0.2) is 17.5 Å². The van der Waals surface area contributed by atoms with Gasteiger partial charge in [0.1, 0.15) is 11.2 Å². The van der Waals surface area contributed by atoms with Gasteiger partial charge >= 0.3 is 0 Å². The molecule has 0 aliphatic heterocycles. The fraction of sp³-hybridized carbons (Fsp3) is 0. The van der Waals surface area contributed by atoms with Crippen LogP contribution in [0.1, 0.15) is 11.1 Å². The predicted octanol–water partition coefficient (Wildman–Crippen LogP) is 14.6. The van der Waals surface area contributed by atoms with Crippen LogP contribution in [0.2, 0.25) is 0 Å². The average molecular weight is 843 g/mol. The number of nitriles is 2. The number of para-hydroxylation sites is 1. The van der Waals surface area contributed by atoms with Crippen LogP contribution in [0.4, 0.5) is 0 Å². The number of furan rings is 1. The van der Waals surface area contributed by atoms with Gasteiger partial charge in [-0.3, -0.25) is 0 Å². The Labute approximate surface area is 379 Å². The van der Waals surface area contributed by atoms with Crippen LogP contribution in [0.5, 0.6) is 0 Å². The molecule has 0 fully saturated rings. The second-order valence-electron chi connectivity index (χ2n) is 16.3. The Morgan fingerprint density at radius 1 is 0.348 bits per heavy atom. The molecule has 0 unspecified atom stereocenters. The molecule has 0 aliphatic carbocycles. The monoisotopic (exact) mass is 842 g/mol. The third-order valence-electron chi connectivity index (χ3n) is 12.4. The Morgan fingerprint density at radius 3 is 1.35 bits per heavy atom. The van der Waals surface area contributed by atoms with Crippen molar-refractivity contribution in [2.75, 3.05) is 0 Å². The van der Waals surface area contributed by atoms with Crippen molar-refractivity contribution in [2.45, 2.75) is 0 Å². The molecule has 0 atom stereocenters. The third-order valence-corrected chi connectivity index (χ3v) is 12.4. The van der Waals surface area contributed by atoms with Gasteiger partial charge in [-0.25, -0.2) is 15.0 Å². The molecule has 0 amide bonds. The number of aromatic nitrogens is 4. The van der Waals surface area contributed by atoms with Gasteiger partial charge in [0.25, 0.3) is 0 Å². The van der Waals surface area contributed by atoms with E-state index >= 15 is 0 Å². The van der Waals surface area contributed by atoms with Crippen LogP contribution >= 0.6 is 0 Å². The molecule has 0 saturated heterocycles. The summed E-state index contributed by atoms with van der Waals surface area (Å²) in [5.74, 6) is 1.65. The lowest BCUT2D eigenvalue weighted by Gasteiger charge is -2.17. The van der Waals surface area contributed by atoms with E-state index in [4.69, 9.17) is 19.4 Å². The van der Waals surface area contributed by atoms with Crippen molar-refractivity contribution in [1.29, 1.82) is 10.5 Å². The lowest BCUT2D eigenvalue weighted by molar-refractivity contribution is 0.669. The van der Waals surface area contributed by atoms with Crippen molar-refractivity contribution in [3.05, 3.63) is 217 Å². The highest BCUT2D eigenvalue weighted by atomic mass is 16.3. The summed E-state index contributed by atoms with van der Waals surface area (Å²) in [4.78, 5) is 15.7. The number of fused-ring (bicyclic) bond motifs is 6. The van der Waals surface area contributed by atoms with Gasteiger partial charge in [-0.2, -0.15) is 10.5 Å². The van der Waals surface area contributed by atoms with Crippen molar-refractivity contribution in [2.24, 2.45) is 0 Å². The van der Waals surface area contributed by atoms with Crippen LogP contribution in [0.25, 0.3) is 117 Å². The van der Waals surface area contributed by atoms with E-state index < -0.39 is 0 Å². The van der Waals surface area contributed by atoms with Gasteiger partial charge in [0.2, 0.25) is 0 Å². The van der Waals surface area contributed by atoms with Crippen LogP contribution in [-0.2, 0) is 0 Å². The van der Waals surface area contributed by atoms with Crippen molar-refractivity contribution < 1.29 is 4.42 Å². The van der Waals surface area contributed by atoms with E-state index in [0.717, 1.165) is 99.5 Å². The van der Waals surface area contributed by atoms with E-state index in [-0.39, 0.29) is 0 Å². The summed E-state index contributed by atoms with van der Waals surface area (Å²) in [6, 6.07) is 74.1. The van der Waals surface area contributed by atoms with Crippen LogP contribution in [-0.4, -0.2) is 19.5 Å². The smallest absolute Gasteiger partial charge is 0.166 e. The summed E-state index contributed by atoms with van der Waals surface area (Å²) in [5, 5.41) is 23.4. The quantitative estimate of drug-likeness (QED) is 0.158. The van der Waals surface area contributed by atoms with Gasteiger partial charge in [0, 0.05) is 38.2 Å². The first-order valence-electron chi connectivity index (χ1n) is 21.6. The van der Waals surface area contributed by atoms with Crippen LogP contribution in [0.3, 0.4) is 0 Å². The molecule has 3 heterocycles. The maximum Gasteiger partial charge on any atom is 0.166 e. The first-order valence-corrected chi connectivity index (χ1v) is 21.6. The summed E-state index contributed by atoms with van der Waals surface area (Å²) in [7, 11) is 0. The fourth-order valence-electron chi connectivity index (χ4n) is 9.04. The number of hydrogen-bond donors (Lipinski definition) is 0. The number of benzene rings is 9. The van der Waals surface area contributed by atoms with E-state index in [9.17, 15) is 10.5 Å². The molecule has 0 N–H and O–H groups in total. The molecule has 0 saturated carbocycles. The Hall–Kier alpha value is -9.43. The number of nitrogens with zero attached hydrogens (tertiary/aromatic N) is 6. The molecule has 0 bridgehead atoms. The Morgan fingerprint density at radius 2 is 0.788 bits per heavy atom. The maximum atomic E-state index is 9.58. The van der Waals surface area contributed by atoms with Gasteiger partial charge in [-0.1, -0.05) is 140 Å². The maximum absolute atomic E-state index is 9.58. The van der Waals surface area contributed by atoms with Gasteiger partial charge in [0.05, 0.1) is 40.0 Å². The molecule has 0 aliphatic rings. The average Bonchev–Trinajstić information content (AvgIpc) is 3.93. The van der Waals surface area contributed by atoms with E-state index in [0.29, 0.717) is 28.6 Å². The van der Waals surface area contributed by atoms with Crippen LogP contribution < -0.4 is 0 Å². The summed E-state index contributed by atoms with van der Waals surface area (Å²) < 4.78 is 8.71. The van der Waals surface area contributed by atoms with E-state index in [1.54, 1.807) is 0 Å². The predicted molar refractivity (Wildman–Crippen MR) is 263 cm³/mol. The Bertz CT molecular complexity index is 3760. The molecule has 0 radical (unpaired) electrons. The summed E-state index contributed by atoms with van der Waals surface area (Å²) in [6.07, 6.45) is 0. The standard InChI is InChI=1S/C59H34N6O/c60-35-37-15-19-39(20-16-37)44-23-27-47-48-28-24-45(40-21-17-38(36-61)18-22-40)33-54(48)65(53(47)32-44)52-30-26-43(46-25-29-50-49-13-7-8-14-55(49)66-56(50)34-46)31-51(52)59-63-57(41-9-3-1-4-10-41)62-58(64-59)42-11-5-2-6-12-42/h1-34H. The highest BCUT2D eigenvalue weighted by Crippen LogP contribution is 2.42. The van der Waals surface area contributed by atoms with Crippen molar-refractivity contribution in [3.8, 4) is 85.4 Å². The third kappa shape index (κ3) is 6.64. The first kappa shape index (κ1) is 38.3. The molecular formula is C59H34N6O. The zero-order valence-electron chi connectivity index (χ0n) is 35.2.